The molecule has 0 bridgehead atoms. The van der Waals surface area contributed by atoms with Gasteiger partial charge in [0.2, 0.25) is 0 Å². The molecule has 0 aliphatic heterocycles. The number of carbonyl (C=O) groups is 2. The summed E-state index contributed by atoms with van der Waals surface area (Å²) in [6, 6.07) is -0.916. The zero-order valence-electron chi connectivity index (χ0n) is 12.6. The van der Waals surface area contributed by atoms with Crippen LogP contribution in [0.15, 0.2) is 0 Å². The van der Waals surface area contributed by atoms with E-state index in [0.717, 1.165) is 38.5 Å². The Morgan fingerprint density at radius 3 is 1.95 bits per heavy atom. The maximum Gasteiger partial charge on any atom is 0.323 e. The normalized spacial score (nSPS) is 11.3. The smallest absolute Gasteiger partial charge is 0.323 e. The minimum Gasteiger partial charge on any atom is -0.466 e. The van der Waals surface area contributed by atoms with Gasteiger partial charge < -0.3 is 15.2 Å². The van der Waals surface area contributed by atoms with E-state index in [1.165, 1.54) is 0 Å². The van der Waals surface area contributed by atoms with Crippen molar-refractivity contribution in [2.75, 3.05) is 13.2 Å². The van der Waals surface area contributed by atoms with E-state index in [1.807, 2.05) is 0 Å². The highest BCUT2D eigenvalue weighted by Gasteiger charge is 2.19. The number of esters is 2. The topological polar surface area (TPSA) is 78.6 Å². The SMILES string of the molecule is CCCCCOC(=O)C[C@H](N)C(=O)OCCCCC.Cl. The van der Waals surface area contributed by atoms with E-state index < -0.39 is 18.0 Å². The predicted molar refractivity (Wildman–Crippen MR) is 80.8 cm³/mol. The fourth-order valence-electron chi connectivity index (χ4n) is 1.49. The van der Waals surface area contributed by atoms with Crippen LogP contribution in [-0.4, -0.2) is 31.2 Å². The fourth-order valence-corrected chi connectivity index (χ4v) is 1.49. The Kier molecular flexibility index (Phi) is 15.7. The van der Waals surface area contributed by atoms with E-state index in [4.69, 9.17) is 15.2 Å². The van der Waals surface area contributed by atoms with Crippen LogP contribution in [0.1, 0.15) is 58.8 Å². The van der Waals surface area contributed by atoms with Crippen molar-refractivity contribution in [3.05, 3.63) is 0 Å². The molecule has 0 heterocycles. The van der Waals surface area contributed by atoms with Gasteiger partial charge in [-0.3, -0.25) is 9.59 Å². The molecule has 0 saturated carbocycles. The largest absolute Gasteiger partial charge is 0.466 e. The molecule has 0 aromatic rings. The average Bonchev–Trinajstić information content (AvgIpc) is 2.39. The molecule has 6 heteroatoms. The minimum atomic E-state index is -0.916. The molecule has 0 aromatic carbocycles. The molecule has 5 nitrogen and oxygen atoms in total. The van der Waals surface area contributed by atoms with Crippen LogP contribution in [0.4, 0.5) is 0 Å². The summed E-state index contributed by atoms with van der Waals surface area (Å²) >= 11 is 0. The molecule has 2 N–H and O–H groups in total. The quantitative estimate of drug-likeness (QED) is 0.469. The zero-order valence-corrected chi connectivity index (χ0v) is 13.4. The van der Waals surface area contributed by atoms with Crippen LogP contribution in [0.25, 0.3) is 0 Å². The van der Waals surface area contributed by atoms with Crippen LogP contribution >= 0.6 is 12.4 Å². The molecule has 0 saturated heterocycles. The third-order valence-electron chi connectivity index (χ3n) is 2.69. The second-order valence-electron chi connectivity index (χ2n) is 4.61. The lowest BCUT2D eigenvalue weighted by atomic mass is 10.2. The minimum absolute atomic E-state index is 0. The maximum absolute atomic E-state index is 11.5. The number of unbranched alkanes of at least 4 members (excludes halogenated alkanes) is 4. The van der Waals surface area contributed by atoms with Crippen molar-refractivity contribution in [3.8, 4) is 0 Å². The first-order valence-electron chi connectivity index (χ1n) is 7.19. The van der Waals surface area contributed by atoms with Gasteiger partial charge >= 0.3 is 11.9 Å². The summed E-state index contributed by atoms with van der Waals surface area (Å²) in [6.45, 7) is 4.91. The first kappa shape index (κ1) is 21.5. The first-order valence-corrected chi connectivity index (χ1v) is 7.19. The van der Waals surface area contributed by atoms with E-state index in [-0.39, 0.29) is 18.8 Å². The molecule has 20 heavy (non-hydrogen) atoms. The highest BCUT2D eigenvalue weighted by atomic mass is 35.5. The Hall–Kier alpha value is -0.810. The van der Waals surface area contributed by atoms with Gasteiger partial charge in [-0.2, -0.15) is 0 Å². The molecule has 0 spiro atoms. The molecule has 0 radical (unpaired) electrons. The van der Waals surface area contributed by atoms with Crippen molar-refractivity contribution >= 4 is 24.3 Å². The predicted octanol–water partition coefficient (Wildman–Crippen LogP) is 2.59. The Balaban J connectivity index is 0. The van der Waals surface area contributed by atoms with Gasteiger partial charge in [-0.05, 0) is 12.8 Å². The summed E-state index contributed by atoms with van der Waals surface area (Å²) in [4.78, 5) is 22.9. The first-order chi connectivity index (χ1) is 9.11. The van der Waals surface area contributed by atoms with Crippen molar-refractivity contribution < 1.29 is 19.1 Å². The van der Waals surface area contributed by atoms with Gasteiger partial charge in [0, 0.05) is 0 Å². The van der Waals surface area contributed by atoms with E-state index in [9.17, 15) is 9.59 Å². The number of ether oxygens (including phenoxy) is 2. The van der Waals surface area contributed by atoms with Crippen molar-refractivity contribution in [1.82, 2.24) is 0 Å². The second kappa shape index (κ2) is 14.6. The third kappa shape index (κ3) is 12.2. The van der Waals surface area contributed by atoms with Crippen molar-refractivity contribution in [2.45, 2.75) is 64.8 Å². The Labute approximate surface area is 128 Å². The molecule has 1 atom stereocenters. The van der Waals surface area contributed by atoms with Crippen molar-refractivity contribution in [3.63, 3.8) is 0 Å². The molecule has 0 unspecified atom stereocenters. The molecule has 0 aromatic heterocycles. The van der Waals surface area contributed by atoms with Gasteiger partial charge in [0.15, 0.2) is 0 Å². The number of carbonyl (C=O) groups excluding carboxylic acids is 2. The standard InChI is InChI=1S/C14H27NO4.ClH/c1-3-5-7-9-18-13(16)11-12(15)14(17)19-10-8-6-4-2;/h12H,3-11,15H2,1-2H3;1H/t12-;/m0./s1. The summed E-state index contributed by atoms with van der Waals surface area (Å²) in [5.74, 6) is -0.962. The second-order valence-corrected chi connectivity index (χ2v) is 4.61. The van der Waals surface area contributed by atoms with Crippen LogP contribution in [0.2, 0.25) is 0 Å². The summed E-state index contributed by atoms with van der Waals surface area (Å²) in [5.41, 5.74) is 5.59. The Morgan fingerprint density at radius 2 is 1.45 bits per heavy atom. The average molecular weight is 310 g/mol. The monoisotopic (exact) mass is 309 g/mol. The van der Waals surface area contributed by atoms with Crippen LogP contribution in [0, 0.1) is 0 Å². The lowest BCUT2D eigenvalue weighted by Crippen LogP contribution is -2.35. The summed E-state index contributed by atoms with van der Waals surface area (Å²) in [5, 5.41) is 0. The molecule has 120 valence electrons. The molecule has 0 aliphatic carbocycles. The van der Waals surface area contributed by atoms with Crippen LogP contribution in [0.3, 0.4) is 0 Å². The van der Waals surface area contributed by atoms with Gasteiger partial charge in [0.05, 0.1) is 19.6 Å². The summed E-state index contributed by atoms with van der Waals surface area (Å²) < 4.78 is 9.96. The van der Waals surface area contributed by atoms with Gasteiger partial charge in [0.25, 0.3) is 0 Å². The molecular formula is C14H28ClNO4. The van der Waals surface area contributed by atoms with Gasteiger partial charge in [-0.15, -0.1) is 12.4 Å². The van der Waals surface area contributed by atoms with E-state index in [2.05, 4.69) is 13.8 Å². The number of hydrogen-bond acceptors (Lipinski definition) is 5. The van der Waals surface area contributed by atoms with E-state index in [0.29, 0.717) is 13.2 Å². The van der Waals surface area contributed by atoms with Crippen molar-refractivity contribution in [2.24, 2.45) is 5.73 Å². The number of hydrogen-bond donors (Lipinski definition) is 1. The van der Waals surface area contributed by atoms with Gasteiger partial charge in [-0.1, -0.05) is 39.5 Å². The summed E-state index contributed by atoms with van der Waals surface area (Å²) in [7, 11) is 0. The van der Waals surface area contributed by atoms with Crippen LogP contribution in [0.5, 0.6) is 0 Å². The van der Waals surface area contributed by atoms with E-state index >= 15 is 0 Å². The lowest BCUT2D eigenvalue weighted by Gasteiger charge is -2.11. The molecule has 0 aliphatic rings. The number of nitrogens with two attached hydrogens (primary N) is 1. The van der Waals surface area contributed by atoms with E-state index in [1.54, 1.807) is 0 Å². The fraction of sp³-hybridized carbons (Fsp3) is 0.857. The zero-order chi connectivity index (χ0) is 14.5. The molecular weight excluding hydrogens is 282 g/mol. The third-order valence-corrected chi connectivity index (χ3v) is 2.69. The highest BCUT2D eigenvalue weighted by Crippen LogP contribution is 2.00. The number of halogens is 1. The molecule has 0 rings (SSSR count). The molecule has 0 fully saturated rings. The number of rotatable bonds is 11. The highest BCUT2D eigenvalue weighted by molar-refractivity contribution is 5.85. The van der Waals surface area contributed by atoms with Crippen LogP contribution in [-0.2, 0) is 19.1 Å². The van der Waals surface area contributed by atoms with Gasteiger partial charge in [0.1, 0.15) is 6.04 Å². The van der Waals surface area contributed by atoms with Crippen molar-refractivity contribution in [1.29, 1.82) is 0 Å². The Morgan fingerprint density at radius 1 is 0.950 bits per heavy atom. The van der Waals surface area contributed by atoms with Gasteiger partial charge in [-0.25, -0.2) is 0 Å². The maximum atomic E-state index is 11.5. The molecule has 0 amide bonds. The summed E-state index contributed by atoms with van der Waals surface area (Å²) in [6.07, 6.45) is 5.74. The lowest BCUT2D eigenvalue weighted by molar-refractivity contribution is -0.152. The van der Waals surface area contributed by atoms with Crippen LogP contribution < -0.4 is 5.73 Å². The Bertz CT molecular complexity index is 262.